The van der Waals surface area contributed by atoms with Crippen molar-refractivity contribution in [2.75, 3.05) is 26.2 Å². The van der Waals surface area contributed by atoms with Crippen molar-refractivity contribution in [3.05, 3.63) is 83.9 Å². The molecule has 0 spiro atoms. The van der Waals surface area contributed by atoms with E-state index in [4.69, 9.17) is 18.7 Å². The lowest BCUT2D eigenvalue weighted by Gasteiger charge is -2.33. The number of aliphatic hydroxyl groups excluding tert-OH is 6. The van der Waals surface area contributed by atoms with Crippen LogP contribution in [0, 0.1) is 17.2 Å². The maximum Gasteiger partial charge on any atom is 0.261 e. The van der Waals surface area contributed by atoms with Crippen LogP contribution >= 0.6 is 12.3 Å². The summed E-state index contributed by atoms with van der Waals surface area (Å²) in [5, 5.41) is 116. The minimum absolute atomic E-state index is 0.00231. The van der Waals surface area contributed by atoms with Crippen molar-refractivity contribution in [2.24, 2.45) is 5.92 Å². The Morgan fingerprint density at radius 1 is 0.826 bits per heavy atom. The van der Waals surface area contributed by atoms with E-state index in [-0.39, 0.29) is 35.7 Å². The monoisotopic (exact) mass is 1220 g/mol. The van der Waals surface area contributed by atoms with Crippen molar-refractivity contribution in [3.8, 4) is 45.9 Å². The van der Waals surface area contributed by atoms with Crippen LogP contribution in [0.25, 0.3) is 22.6 Å². The first-order chi connectivity index (χ1) is 41.1. The number of nitrogens with one attached hydrogen (secondary N) is 5. The molecule has 7 amide bonds. The van der Waals surface area contributed by atoms with Crippen LogP contribution in [0.1, 0.15) is 75.2 Å². The number of carbonyl (C=O) groups excluding carboxylic acids is 7. The zero-order chi connectivity index (χ0) is 62.4. The molecule has 7 rings (SSSR count). The summed E-state index contributed by atoms with van der Waals surface area (Å²) in [5.41, 5.74) is 1.78. The second kappa shape index (κ2) is 30.4. The molecule has 13 N–H and O–H groups in total. The molecule has 4 heterocycles. The van der Waals surface area contributed by atoms with E-state index in [2.05, 4.69) is 48.0 Å². The number of hydrogen-bond donors (Lipinski definition) is 13. The Kier molecular flexibility index (Phi) is 23.2. The number of benzene rings is 3. The average Bonchev–Trinajstić information content (AvgIpc) is 3.14. The van der Waals surface area contributed by atoms with Crippen LogP contribution in [0.2, 0.25) is 0 Å². The maximum atomic E-state index is 14.6. The maximum absolute atomic E-state index is 14.6. The van der Waals surface area contributed by atoms with E-state index in [9.17, 15) is 74.6 Å². The van der Waals surface area contributed by atoms with Gasteiger partial charge in [0, 0.05) is 67.6 Å². The second-order valence-corrected chi connectivity index (χ2v) is 21.6. The molecule has 7 unspecified atom stereocenters. The van der Waals surface area contributed by atoms with Crippen LogP contribution in [0.4, 0.5) is 0 Å². The number of phenols is 1. The van der Waals surface area contributed by atoms with Gasteiger partial charge in [-0.05, 0) is 67.4 Å². The number of fused-ring (bicyclic) bond motifs is 2. The quantitative estimate of drug-likeness (QED) is 0.0244. The van der Waals surface area contributed by atoms with Crippen LogP contribution in [-0.4, -0.2) is 196 Å². The van der Waals surface area contributed by atoms with Crippen molar-refractivity contribution in [2.45, 2.75) is 139 Å². The molecule has 464 valence electrons. The lowest BCUT2D eigenvalue weighted by atomic mass is 9.98. The fourth-order valence-electron chi connectivity index (χ4n) is 10.1. The van der Waals surface area contributed by atoms with Gasteiger partial charge in [-0.1, -0.05) is 59.4 Å². The average molecular weight is 1220 g/mol. The Morgan fingerprint density at radius 2 is 1.51 bits per heavy atom. The number of phenolic OH excluding ortho intramolecular Hbond substituents is 1. The van der Waals surface area contributed by atoms with Crippen LogP contribution in [-0.2, 0) is 44.6 Å². The molecule has 3 fully saturated rings. The second-order valence-electron chi connectivity index (χ2n) is 21.2. The molecule has 30 heteroatoms. The summed E-state index contributed by atoms with van der Waals surface area (Å²) in [7, 11) is 0. The molecule has 0 radical (unpaired) electrons. The van der Waals surface area contributed by atoms with Gasteiger partial charge in [0.2, 0.25) is 35.4 Å². The van der Waals surface area contributed by atoms with Gasteiger partial charge in [-0.25, -0.2) is 5.26 Å². The molecule has 0 aliphatic carbocycles. The summed E-state index contributed by atoms with van der Waals surface area (Å²) in [6.45, 7) is 3.65. The number of aliphatic hydroxyl groups is 6. The van der Waals surface area contributed by atoms with Gasteiger partial charge in [0.05, 0.1) is 55.7 Å². The van der Waals surface area contributed by atoms with Gasteiger partial charge in [0.1, 0.15) is 47.7 Å². The molecule has 3 aromatic carbocycles. The number of nitriles is 1. The normalized spacial score (nSPS) is 25.5. The predicted octanol–water partition coefficient (Wildman–Crippen LogP) is -0.491. The number of β-amino-alcohol motifs (C(OH)–C–C–N with tert-alkyl or cyclic N) is 1. The highest BCUT2D eigenvalue weighted by molar-refractivity contribution is 7.90. The summed E-state index contributed by atoms with van der Waals surface area (Å²) < 4.78 is 20.7. The molecule has 86 heavy (non-hydrogen) atoms. The number of rotatable bonds is 19. The SMILES string of the molecule is CCCCCOc1ccc(-c2cc(-c3ccc(C(=O)N[C@H]4C[C@H](O)CNC(=O)C5[C@@H](O)C(C)CN5C(=O)[C@H]([C@H](O)CC#N)NC(=O)C([C@H](O)Cc5ccc(O)c(OSOOO)c5)NC(=O)C5CC(O)CN5C(=O)C(C(C)O)NC4=O)cc3)no2)cc1. The van der Waals surface area contributed by atoms with Gasteiger partial charge in [-0.2, -0.15) is 5.26 Å². The summed E-state index contributed by atoms with van der Waals surface area (Å²) >= 11 is 0.0654. The lowest BCUT2D eigenvalue weighted by molar-refractivity contribution is -0.433. The van der Waals surface area contributed by atoms with Crippen LogP contribution in [0.15, 0.2) is 77.3 Å². The summed E-state index contributed by atoms with van der Waals surface area (Å²) in [4.78, 5) is 102. The Bertz CT molecular complexity index is 3060. The molecule has 3 aliphatic heterocycles. The number of carbonyl (C=O) groups is 7. The third-order valence-electron chi connectivity index (χ3n) is 14.8. The van der Waals surface area contributed by atoms with Crippen LogP contribution in [0.3, 0.4) is 0 Å². The fourth-order valence-corrected chi connectivity index (χ4v) is 10.4. The zero-order valence-corrected chi connectivity index (χ0v) is 47.7. The van der Waals surface area contributed by atoms with Crippen molar-refractivity contribution in [1.82, 2.24) is 41.5 Å². The van der Waals surface area contributed by atoms with Crippen molar-refractivity contribution >= 4 is 53.7 Å². The Hall–Kier alpha value is -7.96. The number of nitrogens with zero attached hydrogens (tertiary/aromatic N) is 4. The van der Waals surface area contributed by atoms with Crippen LogP contribution in [0.5, 0.6) is 17.2 Å². The van der Waals surface area contributed by atoms with Crippen molar-refractivity contribution in [3.63, 3.8) is 0 Å². The van der Waals surface area contributed by atoms with Gasteiger partial charge in [-0.3, -0.25) is 33.6 Å². The fraction of sp³-hybridized carbons (Fsp3) is 0.482. The Labute approximate surface area is 496 Å². The summed E-state index contributed by atoms with van der Waals surface area (Å²) in [6, 6.07) is 8.71. The lowest BCUT2D eigenvalue weighted by Crippen LogP contribution is -2.64. The van der Waals surface area contributed by atoms with Crippen LogP contribution < -0.4 is 35.5 Å². The van der Waals surface area contributed by atoms with Crippen molar-refractivity contribution in [1.29, 1.82) is 5.26 Å². The molecule has 29 nitrogen and oxygen atoms in total. The van der Waals surface area contributed by atoms with Gasteiger partial charge < -0.3 is 85.6 Å². The Balaban J connectivity index is 1.18. The summed E-state index contributed by atoms with van der Waals surface area (Å²) in [6.07, 6.45) is -10.1. The molecule has 1 aromatic heterocycles. The first-order valence-corrected chi connectivity index (χ1v) is 28.3. The standard InChI is InChI=1S/C56H69N9O20S/c1-4-5-6-19-81-36-14-12-32(13-15-36)43-24-37(63-82-43)31-8-10-33(11-9-31)50(73)59-38-22-34(67)25-58-54(77)48-49(72)28(2)26-65(48)56(79)47(41(70)17-18-57)62-53(76)46(42(71)20-30-7-16-40(69)44(21-30)83-86-85-84-80)61-52(75)39-23-35(68)27-64(39)55(78)45(29(3)66)60-51(38)74/h7-16,21,24,28-29,34-35,38-39,41-42,45-49,66-72,80H,4-6,17,19-20,22-23,25-27H2,1-3H3,(H,58,77)(H,59,73)(H,60,74)(H,61,75)(H,62,76)/t28?,29?,34-,35?,38-,39?,41+,42+,45?,46?,47-,48?,49-/m0/s1. The number of hydrogen-bond acceptors (Lipinski definition) is 23. The molecular formula is C56H69N9O20S. The van der Waals surface area contributed by atoms with Crippen molar-refractivity contribution < 1.29 is 97.4 Å². The highest BCUT2D eigenvalue weighted by atomic mass is 32.2. The molecule has 4 aromatic rings. The molecule has 0 saturated carbocycles. The molecular weight excluding hydrogens is 1150 g/mol. The largest absolute Gasteiger partial charge is 0.504 e. The van der Waals surface area contributed by atoms with E-state index in [1.165, 1.54) is 25.1 Å². The van der Waals surface area contributed by atoms with Gasteiger partial charge in [0.25, 0.3) is 18.2 Å². The van der Waals surface area contributed by atoms with E-state index in [0.717, 1.165) is 53.7 Å². The molecule has 0 bridgehead atoms. The third-order valence-corrected chi connectivity index (χ3v) is 15.2. The smallest absolute Gasteiger partial charge is 0.261 e. The molecule has 3 saturated heterocycles. The van der Waals surface area contributed by atoms with E-state index in [1.807, 2.05) is 24.3 Å². The Morgan fingerprint density at radius 3 is 2.20 bits per heavy atom. The topological polar surface area (TPSA) is 435 Å². The number of aromatic nitrogens is 1. The number of unbranched alkanes of at least 4 members (excludes halogenated alkanes) is 2. The molecule has 3 aliphatic rings. The van der Waals surface area contributed by atoms with Gasteiger partial charge in [-0.15, -0.1) is 0 Å². The number of ether oxygens (including phenoxy) is 1. The van der Waals surface area contributed by atoms with Gasteiger partial charge >= 0.3 is 0 Å². The first kappa shape index (κ1) is 65.6. The van der Waals surface area contributed by atoms with Gasteiger partial charge in [0.15, 0.2) is 17.3 Å². The number of amides is 7. The number of aromatic hydroxyl groups is 1. The highest BCUT2D eigenvalue weighted by Gasteiger charge is 2.50. The minimum Gasteiger partial charge on any atom is -0.504 e. The minimum atomic E-state index is -2.16. The van der Waals surface area contributed by atoms with E-state index < -0.39 is 165 Å². The predicted molar refractivity (Wildman–Crippen MR) is 299 cm³/mol. The van der Waals surface area contributed by atoms with E-state index in [0.29, 0.717) is 29.4 Å². The molecule has 13 atom stereocenters. The summed E-state index contributed by atoms with van der Waals surface area (Å²) in [5.74, 6) is -8.55. The van der Waals surface area contributed by atoms with E-state index in [1.54, 1.807) is 24.3 Å². The zero-order valence-electron chi connectivity index (χ0n) is 46.9. The first-order valence-electron chi connectivity index (χ1n) is 27.6. The van der Waals surface area contributed by atoms with E-state index >= 15 is 0 Å². The highest BCUT2D eigenvalue weighted by Crippen LogP contribution is 2.32. The third kappa shape index (κ3) is 16.5.